The molecule has 0 aromatic heterocycles. The molecule has 0 saturated heterocycles. The van der Waals surface area contributed by atoms with Crippen molar-refractivity contribution in [3.05, 3.63) is 0 Å². The van der Waals surface area contributed by atoms with Crippen molar-refractivity contribution in [2.75, 3.05) is 33.7 Å². The zero-order valence-corrected chi connectivity index (χ0v) is 14.7. The van der Waals surface area contributed by atoms with Gasteiger partial charge < -0.3 is 10.6 Å². The van der Waals surface area contributed by atoms with Gasteiger partial charge in [-0.25, -0.2) is 0 Å². The third kappa shape index (κ3) is 4.19. The summed E-state index contributed by atoms with van der Waals surface area (Å²) in [6.07, 6.45) is 5.25. The molecule has 120 valence electrons. The highest BCUT2D eigenvalue weighted by Crippen LogP contribution is 2.39. The largest absolute Gasteiger partial charge is 0.329 e. The average molecular weight is 284 g/mol. The van der Waals surface area contributed by atoms with Gasteiger partial charge in [0.25, 0.3) is 0 Å². The SMILES string of the molecule is CCN(C(C)CN(C)C)C1(CN)CCC(C(C)C)CC1. The fourth-order valence-electron chi connectivity index (χ4n) is 4.19. The zero-order chi connectivity index (χ0) is 15.3. The monoisotopic (exact) mass is 283 g/mol. The second-order valence-corrected chi connectivity index (χ2v) is 7.41. The Morgan fingerprint density at radius 2 is 1.70 bits per heavy atom. The minimum Gasteiger partial charge on any atom is -0.329 e. The van der Waals surface area contributed by atoms with Crippen molar-refractivity contribution in [2.24, 2.45) is 17.6 Å². The van der Waals surface area contributed by atoms with E-state index in [1.807, 2.05) is 0 Å². The normalized spacial score (nSPS) is 29.4. The molecule has 1 saturated carbocycles. The Hall–Kier alpha value is -0.120. The fraction of sp³-hybridized carbons (Fsp3) is 1.00. The molecule has 0 heterocycles. The molecule has 0 aromatic carbocycles. The first-order chi connectivity index (χ1) is 9.36. The number of likely N-dealkylation sites (N-methyl/N-ethyl adjacent to an activating group) is 2. The smallest absolute Gasteiger partial charge is 0.0335 e. The van der Waals surface area contributed by atoms with Crippen LogP contribution < -0.4 is 5.73 Å². The van der Waals surface area contributed by atoms with Gasteiger partial charge >= 0.3 is 0 Å². The van der Waals surface area contributed by atoms with Crippen LogP contribution in [0.3, 0.4) is 0 Å². The molecule has 2 N–H and O–H groups in total. The molecule has 1 rings (SSSR count). The van der Waals surface area contributed by atoms with Crippen molar-refractivity contribution < 1.29 is 0 Å². The van der Waals surface area contributed by atoms with E-state index in [-0.39, 0.29) is 5.54 Å². The van der Waals surface area contributed by atoms with Gasteiger partial charge in [-0.2, -0.15) is 0 Å². The minimum absolute atomic E-state index is 0.246. The van der Waals surface area contributed by atoms with E-state index in [9.17, 15) is 0 Å². The maximum atomic E-state index is 6.25. The van der Waals surface area contributed by atoms with E-state index < -0.39 is 0 Å². The lowest BCUT2D eigenvalue weighted by molar-refractivity contribution is 0.00428. The molecular weight excluding hydrogens is 246 g/mol. The Morgan fingerprint density at radius 1 is 1.15 bits per heavy atom. The summed E-state index contributed by atoms with van der Waals surface area (Å²) in [5.74, 6) is 1.72. The highest BCUT2D eigenvalue weighted by molar-refractivity contribution is 4.98. The van der Waals surface area contributed by atoms with Gasteiger partial charge in [-0.05, 0) is 65.1 Å². The van der Waals surface area contributed by atoms with Crippen LogP contribution in [0.2, 0.25) is 0 Å². The molecule has 1 fully saturated rings. The molecule has 1 unspecified atom stereocenters. The van der Waals surface area contributed by atoms with Gasteiger partial charge in [0.15, 0.2) is 0 Å². The van der Waals surface area contributed by atoms with Crippen molar-refractivity contribution in [1.82, 2.24) is 9.80 Å². The number of hydrogen-bond acceptors (Lipinski definition) is 3. The van der Waals surface area contributed by atoms with Gasteiger partial charge in [0.05, 0.1) is 0 Å². The van der Waals surface area contributed by atoms with Gasteiger partial charge in [0, 0.05) is 24.7 Å². The lowest BCUT2D eigenvalue weighted by Crippen LogP contribution is -2.60. The van der Waals surface area contributed by atoms with Crippen LogP contribution in [0.1, 0.15) is 53.4 Å². The van der Waals surface area contributed by atoms with Gasteiger partial charge in [-0.3, -0.25) is 4.90 Å². The lowest BCUT2D eigenvalue weighted by Gasteiger charge is -2.50. The molecule has 1 aliphatic rings. The number of hydrogen-bond donors (Lipinski definition) is 1. The third-order valence-electron chi connectivity index (χ3n) is 5.40. The summed E-state index contributed by atoms with van der Waals surface area (Å²) in [4.78, 5) is 4.97. The molecule has 0 amide bonds. The van der Waals surface area contributed by atoms with E-state index in [1.54, 1.807) is 0 Å². The van der Waals surface area contributed by atoms with Crippen LogP contribution in [0.5, 0.6) is 0 Å². The third-order valence-corrected chi connectivity index (χ3v) is 5.40. The van der Waals surface area contributed by atoms with Gasteiger partial charge in [0.2, 0.25) is 0 Å². The van der Waals surface area contributed by atoms with E-state index in [0.717, 1.165) is 31.5 Å². The Kier molecular flexibility index (Phi) is 6.96. The van der Waals surface area contributed by atoms with Crippen molar-refractivity contribution >= 4 is 0 Å². The first-order valence-corrected chi connectivity index (χ1v) is 8.47. The number of rotatable bonds is 7. The Labute approximate surface area is 126 Å². The molecule has 3 heteroatoms. The molecule has 0 spiro atoms. The topological polar surface area (TPSA) is 32.5 Å². The van der Waals surface area contributed by atoms with Crippen LogP contribution in [-0.4, -0.2) is 55.1 Å². The van der Waals surface area contributed by atoms with Gasteiger partial charge in [0.1, 0.15) is 0 Å². The molecule has 0 aliphatic heterocycles. The molecule has 0 bridgehead atoms. The zero-order valence-electron chi connectivity index (χ0n) is 14.7. The predicted molar refractivity (Wildman–Crippen MR) is 89.0 cm³/mol. The van der Waals surface area contributed by atoms with Crippen LogP contribution in [0.4, 0.5) is 0 Å². The maximum Gasteiger partial charge on any atom is 0.0335 e. The van der Waals surface area contributed by atoms with E-state index in [0.29, 0.717) is 6.04 Å². The molecule has 1 atom stereocenters. The summed E-state index contributed by atoms with van der Waals surface area (Å²) in [7, 11) is 4.32. The van der Waals surface area contributed by atoms with Crippen LogP contribution in [0.15, 0.2) is 0 Å². The lowest BCUT2D eigenvalue weighted by atomic mass is 9.71. The van der Waals surface area contributed by atoms with Crippen LogP contribution in [0, 0.1) is 11.8 Å². The summed E-state index contributed by atoms with van der Waals surface area (Å²) >= 11 is 0. The highest BCUT2D eigenvalue weighted by Gasteiger charge is 2.40. The standard InChI is InChI=1S/C17H37N3/c1-7-20(15(4)12-19(5)6)17(13-18)10-8-16(9-11-17)14(2)3/h14-16H,7-13,18H2,1-6H3. The van der Waals surface area contributed by atoms with Gasteiger partial charge in [-0.15, -0.1) is 0 Å². The van der Waals surface area contributed by atoms with Crippen molar-refractivity contribution in [3.8, 4) is 0 Å². The van der Waals surface area contributed by atoms with Crippen LogP contribution in [0.25, 0.3) is 0 Å². The fourth-order valence-corrected chi connectivity index (χ4v) is 4.19. The molecular formula is C17H37N3. The second-order valence-electron chi connectivity index (χ2n) is 7.41. The van der Waals surface area contributed by atoms with Crippen molar-refractivity contribution in [1.29, 1.82) is 0 Å². The second kappa shape index (κ2) is 7.77. The summed E-state index contributed by atoms with van der Waals surface area (Å²) < 4.78 is 0. The predicted octanol–water partition coefficient (Wildman–Crippen LogP) is 2.80. The minimum atomic E-state index is 0.246. The van der Waals surface area contributed by atoms with Gasteiger partial charge in [-0.1, -0.05) is 20.8 Å². The first-order valence-electron chi connectivity index (χ1n) is 8.47. The summed E-state index contributed by atoms with van der Waals surface area (Å²) in [5, 5.41) is 0. The van der Waals surface area contributed by atoms with Crippen LogP contribution in [-0.2, 0) is 0 Å². The summed E-state index contributed by atoms with van der Waals surface area (Å²) in [6.45, 7) is 12.4. The van der Waals surface area contributed by atoms with E-state index >= 15 is 0 Å². The van der Waals surface area contributed by atoms with Crippen molar-refractivity contribution in [3.63, 3.8) is 0 Å². The molecule has 0 aromatic rings. The van der Waals surface area contributed by atoms with Crippen molar-refractivity contribution in [2.45, 2.75) is 65.0 Å². The average Bonchev–Trinajstić information content (AvgIpc) is 2.39. The van der Waals surface area contributed by atoms with E-state index in [2.05, 4.69) is 51.6 Å². The highest BCUT2D eigenvalue weighted by atomic mass is 15.3. The Morgan fingerprint density at radius 3 is 2.05 bits per heavy atom. The Balaban J connectivity index is 2.76. The summed E-state index contributed by atoms with van der Waals surface area (Å²) in [5.41, 5.74) is 6.50. The van der Waals surface area contributed by atoms with E-state index in [1.165, 1.54) is 25.7 Å². The Bertz CT molecular complexity index is 267. The summed E-state index contributed by atoms with van der Waals surface area (Å²) in [6, 6.07) is 0.578. The molecule has 1 aliphatic carbocycles. The first kappa shape index (κ1) is 17.9. The maximum absolute atomic E-state index is 6.25. The van der Waals surface area contributed by atoms with E-state index in [4.69, 9.17) is 5.73 Å². The number of nitrogens with zero attached hydrogens (tertiary/aromatic N) is 2. The molecule has 20 heavy (non-hydrogen) atoms. The molecule has 0 radical (unpaired) electrons. The molecule has 3 nitrogen and oxygen atoms in total. The quantitative estimate of drug-likeness (QED) is 0.780. The number of nitrogens with two attached hydrogens (primary N) is 1. The van der Waals surface area contributed by atoms with Crippen LogP contribution >= 0.6 is 0 Å².